The van der Waals surface area contributed by atoms with Gasteiger partial charge in [0.1, 0.15) is 10.6 Å². The number of carbonyl (C=O) groups is 2. The van der Waals surface area contributed by atoms with Gasteiger partial charge in [0.2, 0.25) is 5.91 Å². The smallest absolute Gasteiger partial charge is 0.272 e. The van der Waals surface area contributed by atoms with E-state index in [1.54, 1.807) is 18.2 Å². The molecule has 0 unspecified atom stereocenters. The highest BCUT2D eigenvalue weighted by Crippen LogP contribution is 2.42. The summed E-state index contributed by atoms with van der Waals surface area (Å²) in [6.45, 7) is 8.96. The van der Waals surface area contributed by atoms with Crippen molar-refractivity contribution < 1.29 is 23.7 Å². The summed E-state index contributed by atoms with van der Waals surface area (Å²) in [5, 5.41) is 2.73. The standard InChI is InChI=1S/C36H48Cl2N5O3S.C2H6/c1-39(2)17-8-18-40(19-9-22-43(3,4)5)34(44)15-12-26-24-29(38)33(25-28(26)37)46-32-16-23-47-35(32)36(45)42-21-20-41(27-13-14-27)30-10-6-7-11-31(30)42;1-2/h6-7,10-11,16,23-25,27H,8-9,12-15,17-22H2,1-5H3;1-2H3/q+1;/p+1. The summed E-state index contributed by atoms with van der Waals surface area (Å²) in [6, 6.07) is 14.0. The van der Waals surface area contributed by atoms with Crippen molar-refractivity contribution in [1.29, 1.82) is 0 Å². The molecule has 268 valence electrons. The first-order valence-electron chi connectivity index (χ1n) is 17.7. The molecule has 0 radical (unpaired) electrons. The average molecular weight is 733 g/mol. The molecule has 0 saturated heterocycles. The minimum atomic E-state index is -0.0896. The van der Waals surface area contributed by atoms with Gasteiger partial charge in [-0.3, -0.25) is 9.59 Å². The van der Waals surface area contributed by atoms with Gasteiger partial charge in [0.15, 0.2) is 5.75 Å². The van der Waals surface area contributed by atoms with Crippen molar-refractivity contribution in [1.82, 2.24) is 4.90 Å². The first-order chi connectivity index (χ1) is 23.4. The summed E-state index contributed by atoms with van der Waals surface area (Å²) in [7, 11) is 10.8. The van der Waals surface area contributed by atoms with Crippen LogP contribution in [0.1, 0.15) is 61.2 Å². The van der Waals surface area contributed by atoms with E-state index < -0.39 is 0 Å². The third-order valence-electron chi connectivity index (χ3n) is 8.75. The lowest BCUT2D eigenvalue weighted by Gasteiger charge is -2.37. The van der Waals surface area contributed by atoms with E-state index in [9.17, 15) is 9.59 Å². The van der Waals surface area contributed by atoms with Gasteiger partial charge in [-0.1, -0.05) is 49.2 Å². The number of thiophene rings is 1. The Morgan fingerprint density at radius 2 is 1.65 bits per heavy atom. The number of benzene rings is 2. The van der Waals surface area contributed by atoms with Crippen LogP contribution < -0.4 is 19.4 Å². The first-order valence-corrected chi connectivity index (χ1v) is 19.3. The zero-order chi connectivity index (χ0) is 35.7. The quantitative estimate of drug-likeness (QED) is 0.173. The summed E-state index contributed by atoms with van der Waals surface area (Å²) in [4.78, 5) is 35.4. The highest BCUT2D eigenvalue weighted by atomic mass is 35.5. The van der Waals surface area contributed by atoms with Crippen molar-refractivity contribution in [3.05, 3.63) is 68.3 Å². The van der Waals surface area contributed by atoms with E-state index in [1.165, 1.54) is 29.1 Å². The maximum absolute atomic E-state index is 13.9. The fourth-order valence-corrected chi connectivity index (χ4v) is 7.33. The van der Waals surface area contributed by atoms with Gasteiger partial charge >= 0.3 is 0 Å². The number of carbonyl (C=O) groups excluding carboxylic acids is 2. The van der Waals surface area contributed by atoms with E-state index in [1.807, 2.05) is 47.2 Å². The molecule has 49 heavy (non-hydrogen) atoms. The number of amides is 2. The van der Waals surface area contributed by atoms with Crippen LogP contribution in [-0.4, -0.2) is 102 Å². The molecular weight excluding hydrogens is 677 g/mol. The van der Waals surface area contributed by atoms with Gasteiger partial charge in [0.25, 0.3) is 5.91 Å². The highest BCUT2D eigenvalue weighted by molar-refractivity contribution is 7.12. The summed E-state index contributed by atoms with van der Waals surface area (Å²) < 4.78 is 7.12. The number of nitrogens with one attached hydrogen (secondary N) is 1. The molecule has 1 N–H and O–H groups in total. The average Bonchev–Trinajstić information content (AvgIpc) is 3.81. The number of hydrogen-bond donors (Lipinski definition) is 1. The van der Waals surface area contributed by atoms with E-state index in [4.69, 9.17) is 27.9 Å². The maximum Gasteiger partial charge on any atom is 0.272 e. The van der Waals surface area contributed by atoms with Crippen molar-refractivity contribution in [3.8, 4) is 11.5 Å². The molecule has 0 atom stereocenters. The summed E-state index contributed by atoms with van der Waals surface area (Å²) in [5.41, 5.74) is 2.84. The first kappa shape index (κ1) is 39.0. The number of aryl methyl sites for hydroxylation is 1. The second-order valence-corrected chi connectivity index (χ2v) is 15.7. The van der Waals surface area contributed by atoms with E-state index >= 15 is 0 Å². The number of fused-ring (bicyclic) bond motifs is 1. The fraction of sp³-hybridized carbons (Fsp3) is 0.526. The second-order valence-electron chi connectivity index (χ2n) is 14.0. The molecule has 8 nitrogen and oxygen atoms in total. The molecule has 2 heterocycles. The Labute approximate surface area is 307 Å². The Morgan fingerprint density at radius 3 is 2.33 bits per heavy atom. The van der Waals surface area contributed by atoms with Gasteiger partial charge in [-0.15, -0.1) is 11.3 Å². The lowest BCUT2D eigenvalue weighted by molar-refractivity contribution is -0.870. The Morgan fingerprint density at radius 1 is 0.959 bits per heavy atom. The van der Waals surface area contributed by atoms with Crippen LogP contribution in [0.3, 0.4) is 0 Å². The number of nitrogens with zero attached hydrogens (tertiary/aromatic N) is 4. The van der Waals surface area contributed by atoms with Crippen molar-refractivity contribution in [3.63, 3.8) is 0 Å². The number of para-hydroxylation sites is 2. The van der Waals surface area contributed by atoms with E-state index in [2.05, 4.69) is 46.2 Å². The van der Waals surface area contributed by atoms with Gasteiger partial charge in [0, 0.05) is 62.6 Å². The van der Waals surface area contributed by atoms with E-state index in [0.29, 0.717) is 51.8 Å². The van der Waals surface area contributed by atoms with Gasteiger partial charge in [-0.25, -0.2) is 0 Å². The number of anilines is 2. The predicted octanol–water partition coefficient (Wildman–Crippen LogP) is 6.89. The number of hydrogen-bond acceptors (Lipinski definition) is 5. The lowest BCUT2D eigenvalue weighted by atomic mass is 10.1. The highest BCUT2D eigenvalue weighted by Gasteiger charge is 2.36. The minimum Gasteiger partial charge on any atom is -0.454 e. The van der Waals surface area contributed by atoms with Crippen LogP contribution in [0.4, 0.5) is 11.4 Å². The molecule has 1 aliphatic carbocycles. The van der Waals surface area contributed by atoms with Crippen LogP contribution in [0.15, 0.2) is 47.8 Å². The molecule has 0 bridgehead atoms. The Balaban J connectivity index is 0.00000265. The fourth-order valence-electron chi connectivity index (χ4n) is 6.10. The third-order valence-corrected chi connectivity index (χ3v) is 10.3. The molecule has 1 saturated carbocycles. The summed E-state index contributed by atoms with van der Waals surface area (Å²) in [6.07, 6.45) is 5.17. The topological polar surface area (TPSA) is 57.5 Å². The van der Waals surface area contributed by atoms with Crippen LogP contribution in [-0.2, 0) is 11.2 Å². The normalized spacial score (nSPS) is 14.3. The molecule has 2 aliphatic rings. The zero-order valence-corrected chi connectivity index (χ0v) is 32.7. The zero-order valence-electron chi connectivity index (χ0n) is 30.4. The SMILES string of the molecule is CC.C[NH+](C)CCCN(CCC[N+](C)(C)C)C(=O)CCc1cc(Cl)c(Oc2ccsc2C(=O)N2CCN(C3CC3)c3ccccc32)cc1Cl. The van der Waals surface area contributed by atoms with Crippen molar-refractivity contribution in [2.45, 2.75) is 58.4 Å². The molecule has 0 spiro atoms. The van der Waals surface area contributed by atoms with Gasteiger partial charge in [-0.05, 0) is 54.5 Å². The van der Waals surface area contributed by atoms with Crippen molar-refractivity contribution >= 4 is 57.7 Å². The number of quaternary nitrogens is 2. The van der Waals surface area contributed by atoms with E-state index in [0.717, 1.165) is 67.0 Å². The minimum absolute atomic E-state index is 0.0896. The number of ether oxygens (including phenoxy) is 1. The van der Waals surface area contributed by atoms with Crippen molar-refractivity contribution in [2.24, 2.45) is 0 Å². The molecule has 11 heteroatoms. The third kappa shape index (κ3) is 10.8. The Hall–Kier alpha value is -2.82. The maximum atomic E-state index is 13.9. The monoisotopic (exact) mass is 731 g/mol. The Bertz CT molecular complexity index is 1550. The molecule has 2 aromatic carbocycles. The lowest BCUT2D eigenvalue weighted by Crippen LogP contribution is -3.05. The molecule has 1 aliphatic heterocycles. The second kappa shape index (κ2) is 17.9. The predicted molar refractivity (Wildman–Crippen MR) is 205 cm³/mol. The van der Waals surface area contributed by atoms with Crippen LogP contribution >= 0.6 is 34.5 Å². The summed E-state index contributed by atoms with van der Waals surface area (Å²) in [5.74, 6) is 0.875. The number of rotatable bonds is 15. The molecule has 1 fully saturated rings. The summed E-state index contributed by atoms with van der Waals surface area (Å²) >= 11 is 14.8. The van der Waals surface area contributed by atoms with Gasteiger partial charge < -0.3 is 28.8 Å². The van der Waals surface area contributed by atoms with Gasteiger partial charge in [-0.2, -0.15) is 0 Å². The molecule has 3 aromatic rings. The molecular formula is C38H55Cl2N5O3S+2. The molecule has 1 aromatic heterocycles. The van der Waals surface area contributed by atoms with E-state index in [-0.39, 0.29) is 11.8 Å². The van der Waals surface area contributed by atoms with Crippen LogP contribution in [0.5, 0.6) is 11.5 Å². The van der Waals surface area contributed by atoms with Crippen LogP contribution in [0.25, 0.3) is 0 Å². The molecule has 2 amide bonds. The van der Waals surface area contributed by atoms with Crippen LogP contribution in [0, 0.1) is 0 Å². The Kier molecular flexibility index (Phi) is 14.2. The van der Waals surface area contributed by atoms with Crippen LogP contribution in [0.2, 0.25) is 10.0 Å². The largest absolute Gasteiger partial charge is 0.454 e. The molecule has 5 rings (SSSR count). The number of halogens is 2. The van der Waals surface area contributed by atoms with Gasteiger partial charge in [0.05, 0.1) is 64.7 Å². The van der Waals surface area contributed by atoms with Crippen molar-refractivity contribution in [2.75, 3.05) is 84.3 Å².